The third kappa shape index (κ3) is 2.01. The average Bonchev–Trinajstić information content (AvgIpc) is 2.94. The van der Waals surface area contributed by atoms with Crippen LogP contribution in [0.15, 0.2) is 0 Å². The molecule has 24 heavy (non-hydrogen) atoms. The van der Waals surface area contributed by atoms with Crippen molar-refractivity contribution in [2.45, 2.75) is 90.1 Å². The fraction of sp³-hybridized carbons (Fsp3) is 0.955. The molecular formula is C22H34O2. The standard InChI is InChI=1S/C22H34O2/c1-21-10-8-16(23)12-15(21)3-6-18-19(21)9-11-22-13-17(24)5-2-14(22)4-7-20(18)22/h14-16,18-20,23H,2-13H2,1H3/t14?,15-,16+,18?,19?,20?,21-,22?/m0/s1. The summed E-state index contributed by atoms with van der Waals surface area (Å²) in [5.41, 5.74) is 0.883. The summed E-state index contributed by atoms with van der Waals surface area (Å²) < 4.78 is 0. The Morgan fingerprint density at radius 3 is 2.62 bits per heavy atom. The van der Waals surface area contributed by atoms with Crippen molar-refractivity contribution >= 4 is 5.78 Å². The van der Waals surface area contributed by atoms with E-state index in [0.717, 1.165) is 55.3 Å². The second kappa shape index (κ2) is 5.32. The average molecular weight is 331 g/mol. The number of hydrogen-bond acceptors (Lipinski definition) is 2. The van der Waals surface area contributed by atoms with Gasteiger partial charge in [-0.25, -0.2) is 0 Å². The van der Waals surface area contributed by atoms with Crippen molar-refractivity contribution in [3.05, 3.63) is 0 Å². The summed E-state index contributed by atoms with van der Waals surface area (Å²) in [5, 5.41) is 10.2. The van der Waals surface area contributed by atoms with Crippen molar-refractivity contribution in [3.63, 3.8) is 0 Å². The molecule has 2 nitrogen and oxygen atoms in total. The zero-order valence-corrected chi connectivity index (χ0v) is 15.3. The lowest BCUT2D eigenvalue weighted by Gasteiger charge is -2.62. The van der Waals surface area contributed by atoms with Gasteiger partial charge in [0.15, 0.2) is 0 Å². The predicted octanol–water partition coefficient (Wildman–Crippen LogP) is 4.74. The van der Waals surface area contributed by atoms with Crippen molar-refractivity contribution in [3.8, 4) is 0 Å². The summed E-state index contributed by atoms with van der Waals surface area (Å²) in [6, 6.07) is 0. The molecule has 0 aromatic carbocycles. The van der Waals surface area contributed by atoms with Crippen molar-refractivity contribution in [1.29, 1.82) is 0 Å². The lowest BCUT2D eigenvalue weighted by atomic mass is 9.43. The zero-order valence-electron chi connectivity index (χ0n) is 15.3. The number of Topliss-reactive ketones (excluding diaryl/α,β-unsaturated/α-hetero) is 1. The smallest absolute Gasteiger partial charge is 0.133 e. The van der Waals surface area contributed by atoms with Crippen LogP contribution in [0.1, 0.15) is 84.0 Å². The summed E-state index contributed by atoms with van der Waals surface area (Å²) in [6.07, 6.45) is 14.5. The van der Waals surface area contributed by atoms with E-state index in [1.54, 1.807) is 0 Å². The number of ketones is 1. The Hall–Kier alpha value is -0.370. The number of aliphatic hydroxyl groups is 1. The minimum absolute atomic E-state index is 0.0404. The molecule has 0 bridgehead atoms. The van der Waals surface area contributed by atoms with E-state index in [2.05, 4.69) is 6.92 Å². The van der Waals surface area contributed by atoms with Crippen molar-refractivity contribution in [1.82, 2.24) is 0 Å². The minimum Gasteiger partial charge on any atom is -0.393 e. The first-order valence-electron chi connectivity index (χ1n) is 10.7. The van der Waals surface area contributed by atoms with Crippen molar-refractivity contribution in [2.75, 3.05) is 0 Å². The predicted molar refractivity (Wildman–Crippen MR) is 94.4 cm³/mol. The van der Waals surface area contributed by atoms with Crippen LogP contribution in [-0.2, 0) is 4.79 Å². The van der Waals surface area contributed by atoms with Crippen LogP contribution in [0.4, 0.5) is 0 Å². The lowest BCUT2D eigenvalue weighted by Crippen LogP contribution is -2.55. The number of aliphatic hydroxyl groups excluding tert-OH is 1. The van der Waals surface area contributed by atoms with Crippen molar-refractivity contribution < 1.29 is 9.90 Å². The number of carbonyl (C=O) groups excluding carboxylic acids is 1. The second-order valence-electron chi connectivity index (χ2n) is 10.4. The van der Waals surface area contributed by atoms with Gasteiger partial charge < -0.3 is 5.11 Å². The summed E-state index contributed by atoms with van der Waals surface area (Å²) in [7, 11) is 0. The van der Waals surface area contributed by atoms with Crippen LogP contribution in [0.3, 0.4) is 0 Å². The molecule has 1 N–H and O–H groups in total. The molecule has 0 aliphatic heterocycles. The number of rotatable bonds is 0. The van der Waals surface area contributed by atoms with Gasteiger partial charge in [-0.05, 0) is 105 Å². The summed E-state index contributed by atoms with van der Waals surface area (Å²) >= 11 is 0. The first-order chi connectivity index (χ1) is 11.5. The molecule has 5 aliphatic carbocycles. The first-order valence-corrected chi connectivity index (χ1v) is 10.7. The first kappa shape index (κ1) is 15.9. The molecule has 0 heterocycles. The number of hydrogen-bond donors (Lipinski definition) is 1. The Balaban J connectivity index is 1.45. The van der Waals surface area contributed by atoms with Crippen LogP contribution in [-0.4, -0.2) is 17.0 Å². The second-order valence-corrected chi connectivity index (χ2v) is 10.4. The van der Waals surface area contributed by atoms with Gasteiger partial charge in [0.05, 0.1) is 6.10 Å². The molecule has 1 spiro atoms. The molecule has 0 aromatic rings. The van der Waals surface area contributed by atoms with Gasteiger partial charge in [-0.3, -0.25) is 4.79 Å². The van der Waals surface area contributed by atoms with Crippen LogP contribution in [0.2, 0.25) is 0 Å². The van der Waals surface area contributed by atoms with E-state index in [-0.39, 0.29) is 6.10 Å². The van der Waals surface area contributed by atoms with E-state index in [1.165, 1.54) is 51.4 Å². The van der Waals surface area contributed by atoms with Gasteiger partial charge in [-0.2, -0.15) is 0 Å². The van der Waals surface area contributed by atoms with Gasteiger partial charge >= 0.3 is 0 Å². The molecule has 8 atom stereocenters. The Labute approximate surface area is 146 Å². The van der Waals surface area contributed by atoms with E-state index in [1.807, 2.05) is 0 Å². The molecule has 0 amide bonds. The fourth-order valence-electron chi connectivity index (χ4n) is 8.74. The third-order valence-electron chi connectivity index (χ3n) is 9.83. The topological polar surface area (TPSA) is 37.3 Å². The quantitative estimate of drug-likeness (QED) is 0.696. The van der Waals surface area contributed by atoms with E-state index in [4.69, 9.17) is 0 Å². The Bertz CT molecular complexity index is 542. The number of fused-ring (bicyclic) bond motifs is 4. The van der Waals surface area contributed by atoms with E-state index in [9.17, 15) is 9.90 Å². The van der Waals surface area contributed by atoms with E-state index < -0.39 is 0 Å². The molecule has 5 unspecified atom stereocenters. The van der Waals surface area contributed by atoms with E-state index >= 15 is 0 Å². The van der Waals surface area contributed by atoms with Crippen LogP contribution >= 0.6 is 0 Å². The third-order valence-corrected chi connectivity index (χ3v) is 9.83. The normalized spacial score (nSPS) is 56.8. The summed E-state index contributed by atoms with van der Waals surface area (Å²) in [4.78, 5) is 12.3. The maximum absolute atomic E-state index is 12.3. The van der Waals surface area contributed by atoms with Gasteiger partial charge in [0.2, 0.25) is 0 Å². The molecule has 5 rings (SSSR count). The minimum atomic E-state index is -0.0404. The maximum Gasteiger partial charge on any atom is 0.133 e. The molecule has 134 valence electrons. The molecular weight excluding hydrogens is 296 g/mol. The van der Waals surface area contributed by atoms with E-state index in [0.29, 0.717) is 16.6 Å². The van der Waals surface area contributed by atoms with Crippen LogP contribution in [0.25, 0.3) is 0 Å². The van der Waals surface area contributed by atoms with Gasteiger partial charge in [-0.1, -0.05) is 6.92 Å². The highest BCUT2D eigenvalue weighted by Gasteiger charge is 2.62. The number of carbonyl (C=O) groups is 1. The highest BCUT2D eigenvalue weighted by atomic mass is 16.3. The summed E-state index contributed by atoms with van der Waals surface area (Å²) in [5.74, 6) is 4.77. The highest BCUT2D eigenvalue weighted by molar-refractivity contribution is 5.80. The Morgan fingerprint density at radius 1 is 0.917 bits per heavy atom. The van der Waals surface area contributed by atoms with Gasteiger partial charge in [0.25, 0.3) is 0 Å². The van der Waals surface area contributed by atoms with Gasteiger partial charge in [-0.15, -0.1) is 0 Å². The Morgan fingerprint density at radius 2 is 1.75 bits per heavy atom. The molecule has 2 heteroatoms. The highest BCUT2D eigenvalue weighted by Crippen LogP contribution is 2.69. The largest absolute Gasteiger partial charge is 0.393 e. The molecule has 5 aliphatic rings. The molecule has 0 saturated heterocycles. The van der Waals surface area contributed by atoms with Crippen molar-refractivity contribution in [2.24, 2.45) is 40.4 Å². The molecule has 5 fully saturated rings. The Kier molecular flexibility index (Phi) is 3.51. The molecule has 5 saturated carbocycles. The van der Waals surface area contributed by atoms with Crippen LogP contribution in [0.5, 0.6) is 0 Å². The fourth-order valence-corrected chi connectivity index (χ4v) is 8.74. The molecule has 0 radical (unpaired) electrons. The monoisotopic (exact) mass is 330 g/mol. The van der Waals surface area contributed by atoms with Gasteiger partial charge in [0, 0.05) is 12.8 Å². The zero-order chi connectivity index (χ0) is 16.5. The van der Waals surface area contributed by atoms with Gasteiger partial charge in [0.1, 0.15) is 5.78 Å². The lowest BCUT2D eigenvalue weighted by molar-refractivity contribution is -0.147. The van der Waals surface area contributed by atoms with Crippen LogP contribution in [0, 0.1) is 40.4 Å². The maximum atomic E-state index is 12.3. The molecule has 0 aromatic heterocycles. The van der Waals surface area contributed by atoms with Crippen LogP contribution < -0.4 is 0 Å². The SMILES string of the molecule is C[C@]12CC[C@@H](O)C[C@@H]1CCC1C3CCC4CCC(=O)CC43CCC12. The summed E-state index contributed by atoms with van der Waals surface area (Å²) in [6.45, 7) is 2.57.